The highest BCUT2D eigenvalue weighted by Crippen LogP contribution is 2.25. The molecule has 29 heavy (non-hydrogen) atoms. The smallest absolute Gasteiger partial charge is 0.314 e. The van der Waals surface area contributed by atoms with Crippen molar-refractivity contribution < 1.29 is 4.79 Å². The number of carbonyl (C=O) groups excluding carboxylic acids is 1. The molecule has 0 bridgehead atoms. The highest BCUT2D eigenvalue weighted by molar-refractivity contribution is 5.86. The number of nitrogens with zero attached hydrogens (tertiary/aromatic N) is 3. The third kappa shape index (κ3) is 4.65. The van der Waals surface area contributed by atoms with Crippen molar-refractivity contribution in [1.82, 2.24) is 20.6 Å². The Balaban J connectivity index is 1.48. The van der Waals surface area contributed by atoms with Crippen molar-refractivity contribution in [2.24, 2.45) is 0 Å². The van der Waals surface area contributed by atoms with Gasteiger partial charge in [-0.15, -0.1) is 0 Å². The number of aromatic nitrogens is 2. The van der Waals surface area contributed by atoms with Crippen LogP contribution < -0.4 is 15.5 Å². The monoisotopic (exact) mass is 389 g/mol. The van der Waals surface area contributed by atoms with Crippen LogP contribution in [0, 0.1) is 0 Å². The minimum atomic E-state index is -0.0829. The van der Waals surface area contributed by atoms with Gasteiger partial charge in [-0.3, -0.25) is 0 Å². The van der Waals surface area contributed by atoms with E-state index in [0.717, 1.165) is 49.6 Å². The topological polar surface area (TPSA) is 70.2 Å². The fourth-order valence-corrected chi connectivity index (χ4v) is 3.85. The summed E-state index contributed by atoms with van der Waals surface area (Å²) in [4.78, 5) is 23.4. The first-order valence-corrected chi connectivity index (χ1v) is 10.3. The minimum Gasteiger partial charge on any atom is -0.341 e. The Labute approximate surface area is 171 Å². The van der Waals surface area contributed by atoms with Gasteiger partial charge < -0.3 is 15.5 Å². The average Bonchev–Trinajstić information content (AvgIpc) is 2.99. The third-order valence-electron chi connectivity index (χ3n) is 5.37. The van der Waals surface area contributed by atoms with E-state index in [2.05, 4.69) is 63.0 Å². The second kappa shape index (κ2) is 8.90. The number of hydrogen-bond donors (Lipinski definition) is 2. The number of fused-ring (bicyclic) bond motifs is 1. The van der Waals surface area contributed by atoms with E-state index in [1.807, 2.05) is 19.2 Å². The minimum absolute atomic E-state index is 0.0829. The van der Waals surface area contributed by atoms with Gasteiger partial charge in [0.2, 0.25) is 5.95 Å². The lowest BCUT2D eigenvalue weighted by molar-refractivity contribution is 0.236. The standard InChI is InChI=1S/C23H27N5O/c1-2-24-23(29)26-20-8-5-14-28(15-12-20)22-25-13-11-21(27-22)19-10-9-17-6-3-4-7-18(17)16-19/h3-4,6-7,9-11,13,16,20H,2,5,8,12,14-15H2,1H3,(H2,24,26,29). The lowest BCUT2D eigenvalue weighted by Crippen LogP contribution is -2.42. The van der Waals surface area contributed by atoms with Gasteiger partial charge in [-0.05, 0) is 49.1 Å². The Morgan fingerprint density at radius 1 is 1.10 bits per heavy atom. The zero-order chi connectivity index (χ0) is 20.1. The molecular formula is C23H27N5O. The highest BCUT2D eigenvalue weighted by Gasteiger charge is 2.20. The predicted octanol–water partition coefficient (Wildman–Crippen LogP) is 3.97. The van der Waals surface area contributed by atoms with E-state index in [1.165, 1.54) is 10.8 Å². The maximum Gasteiger partial charge on any atom is 0.314 e. The first-order valence-electron chi connectivity index (χ1n) is 10.3. The van der Waals surface area contributed by atoms with Gasteiger partial charge in [-0.25, -0.2) is 14.8 Å². The molecule has 1 unspecified atom stereocenters. The molecule has 1 atom stereocenters. The van der Waals surface area contributed by atoms with Gasteiger partial charge in [-0.1, -0.05) is 36.4 Å². The molecule has 0 aliphatic carbocycles. The summed E-state index contributed by atoms with van der Waals surface area (Å²) in [5.41, 5.74) is 2.03. The molecule has 1 fully saturated rings. The molecule has 1 aliphatic heterocycles. The number of carbonyl (C=O) groups is 1. The van der Waals surface area contributed by atoms with Crippen LogP contribution in [-0.2, 0) is 0 Å². The van der Waals surface area contributed by atoms with Crippen molar-refractivity contribution in [2.75, 3.05) is 24.5 Å². The Morgan fingerprint density at radius 3 is 2.83 bits per heavy atom. The fraction of sp³-hybridized carbons (Fsp3) is 0.348. The summed E-state index contributed by atoms with van der Waals surface area (Å²) in [6.07, 6.45) is 4.70. The fourth-order valence-electron chi connectivity index (χ4n) is 3.85. The van der Waals surface area contributed by atoms with Crippen LogP contribution in [0.2, 0.25) is 0 Å². The quantitative estimate of drug-likeness (QED) is 0.708. The van der Waals surface area contributed by atoms with Crippen molar-refractivity contribution in [1.29, 1.82) is 0 Å². The molecule has 0 radical (unpaired) electrons. The van der Waals surface area contributed by atoms with Crippen LogP contribution in [-0.4, -0.2) is 41.7 Å². The van der Waals surface area contributed by atoms with E-state index < -0.39 is 0 Å². The summed E-state index contributed by atoms with van der Waals surface area (Å²) in [5.74, 6) is 0.759. The van der Waals surface area contributed by atoms with Gasteiger partial charge in [-0.2, -0.15) is 0 Å². The zero-order valence-electron chi connectivity index (χ0n) is 16.8. The molecule has 6 heteroatoms. The molecule has 0 spiro atoms. The second-order valence-corrected chi connectivity index (χ2v) is 7.42. The maximum absolute atomic E-state index is 11.8. The molecule has 3 aromatic rings. The van der Waals surface area contributed by atoms with Crippen LogP contribution in [0.5, 0.6) is 0 Å². The average molecular weight is 390 g/mol. The van der Waals surface area contributed by atoms with Gasteiger partial charge in [0.25, 0.3) is 0 Å². The van der Waals surface area contributed by atoms with Crippen molar-refractivity contribution in [3.63, 3.8) is 0 Å². The first-order chi connectivity index (χ1) is 14.2. The first kappa shape index (κ1) is 19.2. The molecule has 1 aromatic heterocycles. The zero-order valence-corrected chi connectivity index (χ0v) is 16.8. The Bertz CT molecular complexity index is 990. The van der Waals surface area contributed by atoms with E-state index >= 15 is 0 Å². The Kier molecular flexibility index (Phi) is 5.89. The summed E-state index contributed by atoms with van der Waals surface area (Å²) in [6.45, 7) is 4.29. The number of anilines is 1. The van der Waals surface area contributed by atoms with Crippen LogP contribution in [0.3, 0.4) is 0 Å². The number of nitrogens with one attached hydrogen (secondary N) is 2. The molecule has 150 valence electrons. The summed E-state index contributed by atoms with van der Waals surface area (Å²) < 4.78 is 0. The number of hydrogen-bond acceptors (Lipinski definition) is 4. The number of amides is 2. The predicted molar refractivity (Wildman–Crippen MR) is 117 cm³/mol. The molecule has 1 aliphatic rings. The molecule has 0 saturated carbocycles. The van der Waals surface area contributed by atoms with Crippen molar-refractivity contribution in [2.45, 2.75) is 32.2 Å². The highest BCUT2D eigenvalue weighted by atomic mass is 16.2. The van der Waals surface area contributed by atoms with E-state index in [1.54, 1.807) is 0 Å². The number of urea groups is 1. The molecule has 4 rings (SSSR count). The van der Waals surface area contributed by atoms with Crippen LogP contribution in [0.1, 0.15) is 26.2 Å². The molecule has 1 saturated heterocycles. The van der Waals surface area contributed by atoms with E-state index in [-0.39, 0.29) is 12.1 Å². The van der Waals surface area contributed by atoms with Gasteiger partial charge in [0.15, 0.2) is 0 Å². The van der Waals surface area contributed by atoms with E-state index in [4.69, 9.17) is 4.98 Å². The summed E-state index contributed by atoms with van der Waals surface area (Å²) >= 11 is 0. The lowest BCUT2D eigenvalue weighted by atomic mass is 10.1. The maximum atomic E-state index is 11.8. The van der Waals surface area contributed by atoms with Crippen LogP contribution >= 0.6 is 0 Å². The molecule has 2 aromatic carbocycles. The van der Waals surface area contributed by atoms with Gasteiger partial charge in [0, 0.05) is 37.4 Å². The molecule has 2 N–H and O–H groups in total. The van der Waals surface area contributed by atoms with Crippen molar-refractivity contribution in [3.8, 4) is 11.3 Å². The summed E-state index contributed by atoms with van der Waals surface area (Å²) in [7, 11) is 0. The van der Waals surface area contributed by atoms with Crippen molar-refractivity contribution >= 4 is 22.8 Å². The molecule has 2 heterocycles. The normalized spacial score (nSPS) is 17.0. The summed E-state index contributed by atoms with van der Waals surface area (Å²) in [6, 6.07) is 16.8. The van der Waals surface area contributed by atoms with Gasteiger partial charge in [0.1, 0.15) is 0 Å². The summed E-state index contributed by atoms with van der Waals surface area (Å²) in [5, 5.41) is 8.31. The third-order valence-corrected chi connectivity index (χ3v) is 5.37. The van der Waals surface area contributed by atoms with Crippen molar-refractivity contribution in [3.05, 3.63) is 54.7 Å². The van der Waals surface area contributed by atoms with E-state index in [0.29, 0.717) is 6.54 Å². The van der Waals surface area contributed by atoms with E-state index in [9.17, 15) is 4.79 Å². The van der Waals surface area contributed by atoms with Gasteiger partial charge in [0.05, 0.1) is 5.69 Å². The number of rotatable bonds is 4. The van der Waals surface area contributed by atoms with Crippen LogP contribution in [0.15, 0.2) is 54.7 Å². The van der Waals surface area contributed by atoms with Crippen LogP contribution in [0.4, 0.5) is 10.7 Å². The van der Waals surface area contributed by atoms with Gasteiger partial charge >= 0.3 is 6.03 Å². The lowest BCUT2D eigenvalue weighted by Gasteiger charge is -2.21. The number of benzene rings is 2. The Morgan fingerprint density at radius 2 is 1.97 bits per heavy atom. The molecule has 2 amide bonds. The Hall–Kier alpha value is -3.15. The largest absolute Gasteiger partial charge is 0.341 e. The molecule has 6 nitrogen and oxygen atoms in total. The molecular weight excluding hydrogens is 362 g/mol. The SMILES string of the molecule is CCNC(=O)NC1CCCN(c2nccc(-c3ccc4ccccc4c3)n2)CC1. The van der Waals surface area contributed by atoms with Crippen LogP contribution in [0.25, 0.3) is 22.0 Å². The second-order valence-electron chi connectivity index (χ2n) is 7.42.